The predicted octanol–water partition coefficient (Wildman–Crippen LogP) is 1.74. The van der Waals surface area contributed by atoms with Crippen LogP contribution >= 0.6 is 0 Å². The smallest absolute Gasteiger partial charge is 0.301 e. The van der Waals surface area contributed by atoms with E-state index in [-0.39, 0.29) is 18.1 Å². The van der Waals surface area contributed by atoms with Crippen molar-refractivity contribution in [2.75, 3.05) is 0 Å². The Balaban J connectivity index is 2.10. The highest BCUT2D eigenvalue weighted by molar-refractivity contribution is 5.92. The van der Waals surface area contributed by atoms with Crippen LogP contribution in [0.5, 0.6) is 5.75 Å². The van der Waals surface area contributed by atoms with Crippen LogP contribution in [0.25, 0.3) is 0 Å². The summed E-state index contributed by atoms with van der Waals surface area (Å²) in [5.74, 6) is 2.69. The summed E-state index contributed by atoms with van der Waals surface area (Å²) in [5.41, 5.74) is 2.31. The van der Waals surface area contributed by atoms with Gasteiger partial charge in [0.2, 0.25) is 0 Å². The summed E-state index contributed by atoms with van der Waals surface area (Å²) >= 11 is 0. The Bertz CT molecular complexity index is 598. The van der Waals surface area contributed by atoms with Crippen LogP contribution < -0.4 is 16.0 Å². The molecule has 0 saturated carbocycles. The molecule has 0 radical (unpaired) electrons. The van der Waals surface area contributed by atoms with Gasteiger partial charge in [0, 0.05) is 11.6 Å². The average Bonchev–Trinajstić information content (AvgIpc) is 2.85. The fraction of sp³-hybridized carbons (Fsp3) is 0.0833. The second-order valence-corrected chi connectivity index (χ2v) is 3.61. The first-order valence-electron chi connectivity index (χ1n) is 5.27. The number of benzene rings is 1. The van der Waals surface area contributed by atoms with Crippen LogP contribution in [0.3, 0.4) is 0 Å². The summed E-state index contributed by atoms with van der Waals surface area (Å²) in [4.78, 5) is 11.3. The van der Waals surface area contributed by atoms with Crippen molar-refractivity contribution < 1.29 is 22.7 Å². The van der Waals surface area contributed by atoms with Crippen molar-refractivity contribution in [2.24, 2.45) is 5.84 Å². The molecule has 5 nitrogen and oxygen atoms in total. The molecule has 0 aliphatic carbocycles. The van der Waals surface area contributed by atoms with Crippen LogP contribution in [0.2, 0.25) is 0 Å². The number of hydrogen-bond acceptors (Lipinski definition) is 4. The molecule has 7 heteroatoms. The van der Waals surface area contributed by atoms with Gasteiger partial charge in [-0.2, -0.15) is 0 Å². The van der Waals surface area contributed by atoms with Crippen LogP contribution in [0.15, 0.2) is 34.9 Å². The molecule has 19 heavy (non-hydrogen) atoms. The number of hydrogen-bond donors (Lipinski definition) is 2. The lowest BCUT2D eigenvalue weighted by atomic mass is 10.2. The van der Waals surface area contributed by atoms with E-state index in [4.69, 9.17) is 15.0 Å². The number of hydrazine groups is 1. The molecular formula is C12H10F2N2O3. The van der Waals surface area contributed by atoms with E-state index in [0.717, 1.165) is 12.1 Å². The van der Waals surface area contributed by atoms with E-state index in [1.807, 2.05) is 5.43 Å². The third-order valence-corrected chi connectivity index (χ3v) is 2.36. The van der Waals surface area contributed by atoms with Crippen LogP contribution in [0.1, 0.15) is 16.1 Å². The van der Waals surface area contributed by atoms with E-state index < -0.39 is 17.5 Å². The second kappa shape index (κ2) is 5.49. The number of furan rings is 1. The van der Waals surface area contributed by atoms with Crippen LogP contribution in [-0.2, 0) is 6.61 Å². The van der Waals surface area contributed by atoms with Gasteiger partial charge in [0.15, 0.2) is 17.3 Å². The van der Waals surface area contributed by atoms with Crippen molar-refractivity contribution in [1.29, 1.82) is 0 Å². The molecule has 1 aromatic heterocycles. The molecule has 0 aliphatic heterocycles. The summed E-state index contributed by atoms with van der Waals surface area (Å²) < 4.78 is 36.1. The number of amides is 1. The number of rotatable bonds is 4. The maximum absolute atomic E-state index is 13.3. The average molecular weight is 268 g/mol. The monoisotopic (exact) mass is 268 g/mol. The molecule has 3 N–H and O–H groups in total. The summed E-state index contributed by atoms with van der Waals surface area (Å²) in [5, 5.41) is 0. The van der Waals surface area contributed by atoms with Gasteiger partial charge in [-0.25, -0.2) is 14.6 Å². The predicted molar refractivity (Wildman–Crippen MR) is 61.1 cm³/mol. The molecule has 2 rings (SSSR count). The standard InChI is InChI=1S/C12H10F2N2O3/c13-8-1-2-10(9(14)5-8)19-6-7-3-4-18-11(7)12(17)16-15/h1-5H,6,15H2,(H,16,17). The van der Waals surface area contributed by atoms with E-state index in [2.05, 4.69) is 0 Å². The first kappa shape index (κ1) is 13.0. The van der Waals surface area contributed by atoms with Gasteiger partial charge >= 0.3 is 5.91 Å². The summed E-state index contributed by atoms with van der Waals surface area (Å²) in [6.45, 7) is -0.109. The summed E-state index contributed by atoms with van der Waals surface area (Å²) in [6.07, 6.45) is 1.28. The number of nitrogens with two attached hydrogens (primary N) is 1. The number of carbonyl (C=O) groups is 1. The van der Waals surface area contributed by atoms with Gasteiger partial charge in [0.05, 0.1) is 6.26 Å². The lowest BCUT2D eigenvalue weighted by Crippen LogP contribution is -2.30. The molecule has 0 aliphatic rings. The molecule has 100 valence electrons. The van der Waals surface area contributed by atoms with Crippen molar-refractivity contribution in [1.82, 2.24) is 5.43 Å². The normalized spacial score (nSPS) is 10.3. The third-order valence-electron chi connectivity index (χ3n) is 2.36. The molecule has 2 aromatic rings. The highest BCUT2D eigenvalue weighted by Crippen LogP contribution is 2.20. The van der Waals surface area contributed by atoms with E-state index in [9.17, 15) is 13.6 Å². The number of carbonyl (C=O) groups excluding carboxylic acids is 1. The number of ether oxygens (including phenoxy) is 1. The fourth-order valence-electron chi connectivity index (χ4n) is 1.46. The highest BCUT2D eigenvalue weighted by Gasteiger charge is 2.15. The Morgan fingerprint density at radius 3 is 2.84 bits per heavy atom. The molecule has 1 amide bonds. The maximum atomic E-state index is 13.3. The topological polar surface area (TPSA) is 77.5 Å². The van der Waals surface area contributed by atoms with Gasteiger partial charge in [-0.15, -0.1) is 0 Å². The van der Waals surface area contributed by atoms with Crippen molar-refractivity contribution in [3.05, 3.63) is 53.5 Å². The molecule has 0 atom stereocenters. The first-order chi connectivity index (χ1) is 9.11. The zero-order valence-corrected chi connectivity index (χ0v) is 9.65. The second-order valence-electron chi connectivity index (χ2n) is 3.61. The summed E-state index contributed by atoms with van der Waals surface area (Å²) in [7, 11) is 0. The molecule has 0 saturated heterocycles. The Morgan fingerprint density at radius 1 is 1.37 bits per heavy atom. The lowest BCUT2D eigenvalue weighted by molar-refractivity contribution is 0.0922. The lowest BCUT2D eigenvalue weighted by Gasteiger charge is -2.07. The van der Waals surface area contributed by atoms with E-state index >= 15 is 0 Å². The van der Waals surface area contributed by atoms with Crippen molar-refractivity contribution in [3.63, 3.8) is 0 Å². The van der Waals surface area contributed by atoms with Gasteiger partial charge in [-0.3, -0.25) is 10.2 Å². The SMILES string of the molecule is NNC(=O)c1occc1COc1ccc(F)cc1F. The van der Waals surface area contributed by atoms with Gasteiger partial charge in [0.25, 0.3) is 0 Å². The van der Waals surface area contributed by atoms with Crippen molar-refractivity contribution in [2.45, 2.75) is 6.61 Å². The molecule has 0 fully saturated rings. The zero-order valence-electron chi connectivity index (χ0n) is 9.65. The molecule has 0 unspecified atom stereocenters. The fourth-order valence-corrected chi connectivity index (χ4v) is 1.46. The van der Waals surface area contributed by atoms with E-state index in [1.165, 1.54) is 12.3 Å². The number of halogens is 2. The Labute approximate surface area is 106 Å². The number of nitrogens with one attached hydrogen (secondary N) is 1. The number of nitrogen functional groups attached to an aromatic ring is 1. The van der Waals surface area contributed by atoms with Gasteiger partial charge in [-0.1, -0.05) is 0 Å². The van der Waals surface area contributed by atoms with E-state index in [1.54, 1.807) is 0 Å². The largest absolute Gasteiger partial charge is 0.486 e. The minimum atomic E-state index is -0.826. The van der Waals surface area contributed by atoms with Gasteiger partial charge in [-0.05, 0) is 18.2 Å². The molecule has 0 spiro atoms. The van der Waals surface area contributed by atoms with Crippen molar-refractivity contribution in [3.8, 4) is 5.75 Å². The van der Waals surface area contributed by atoms with Crippen LogP contribution in [0.4, 0.5) is 8.78 Å². The van der Waals surface area contributed by atoms with Gasteiger partial charge < -0.3 is 9.15 Å². The van der Waals surface area contributed by atoms with Crippen LogP contribution in [0, 0.1) is 11.6 Å². The Morgan fingerprint density at radius 2 is 2.16 bits per heavy atom. The highest BCUT2D eigenvalue weighted by atomic mass is 19.1. The van der Waals surface area contributed by atoms with Crippen molar-refractivity contribution >= 4 is 5.91 Å². The van der Waals surface area contributed by atoms with Gasteiger partial charge in [0.1, 0.15) is 12.4 Å². The quantitative estimate of drug-likeness (QED) is 0.503. The molecule has 1 aromatic carbocycles. The third kappa shape index (κ3) is 2.89. The Hall–Kier alpha value is -2.41. The first-order valence-corrected chi connectivity index (χ1v) is 5.27. The molecule has 0 bridgehead atoms. The minimum absolute atomic E-state index is 0.0231. The molecular weight excluding hydrogens is 258 g/mol. The minimum Gasteiger partial charge on any atom is -0.486 e. The summed E-state index contributed by atoms with van der Waals surface area (Å²) in [6, 6.07) is 4.43. The van der Waals surface area contributed by atoms with Crippen LogP contribution in [-0.4, -0.2) is 5.91 Å². The zero-order chi connectivity index (χ0) is 13.8. The van der Waals surface area contributed by atoms with E-state index in [0.29, 0.717) is 11.6 Å². The molecule has 1 heterocycles. The Kier molecular flexibility index (Phi) is 3.76. The maximum Gasteiger partial charge on any atom is 0.301 e.